The van der Waals surface area contributed by atoms with E-state index in [0.29, 0.717) is 30.7 Å². The lowest BCUT2D eigenvalue weighted by Gasteiger charge is -2.26. The second-order valence-corrected chi connectivity index (χ2v) is 10.6. The molecule has 1 saturated carbocycles. The van der Waals surface area contributed by atoms with Crippen LogP contribution in [-0.4, -0.2) is 52.6 Å². The van der Waals surface area contributed by atoms with E-state index in [1.807, 2.05) is 13.8 Å². The van der Waals surface area contributed by atoms with Gasteiger partial charge < -0.3 is 14.8 Å². The fourth-order valence-corrected chi connectivity index (χ4v) is 6.34. The number of nitrogens with zero attached hydrogens (tertiary/aromatic N) is 3. The molecule has 1 aromatic heterocycles. The monoisotopic (exact) mass is 528 g/mol. The molecule has 1 saturated heterocycles. The average molecular weight is 529 g/mol. The van der Waals surface area contributed by atoms with Gasteiger partial charge in [0.1, 0.15) is 17.8 Å². The number of benzene rings is 2. The van der Waals surface area contributed by atoms with Crippen molar-refractivity contribution < 1.29 is 14.3 Å². The van der Waals surface area contributed by atoms with Gasteiger partial charge in [-0.25, -0.2) is 9.97 Å². The van der Waals surface area contributed by atoms with Crippen molar-refractivity contribution in [3.8, 4) is 22.6 Å². The molecule has 39 heavy (non-hydrogen) atoms. The first-order chi connectivity index (χ1) is 19.1. The maximum absolute atomic E-state index is 12.7. The smallest absolute Gasteiger partial charge is 0.254 e. The number of hydrogen-bond donors (Lipinski definition) is 1. The largest absolute Gasteiger partial charge is 0.493 e. The summed E-state index contributed by atoms with van der Waals surface area (Å²) in [6.45, 7) is 9.31. The van der Waals surface area contributed by atoms with Gasteiger partial charge in [-0.3, -0.25) is 9.69 Å². The average Bonchev–Trinajstić information content (AvgIpc) is 3.53. The first-order valence-corrected chi connectivity index (χ1v) is 14.4. The van der Waals surface area contributed by atoms with Gasteiger partial charge in [0.05, 0.1) is 24.3 Å². The Balaban J connectivity index is 1.34. The molecule has 3 aromatic rings. The molecule has 5 rings (SSSR count). The molecule has 1 amide bonds. The molecule has 0 radical (unpaired) electrons. The van der Waals surface area contributed by atoms with Crippen LogP contribution < -0.4 is 14.8 Å². The number of aryl methyl sites for hydroxylation is 1. The molecular weight excluding hydrogens is 488 g/mol. The van der Waals surface area contributed by atoms with Crippen molar-refractivity contribution in [2.75, 3.05) is 19.8 Å². The van der Waals surface area contributed by atoms with E-state index in [1.54, 1.807) is 12.4 Å². The van der Waals surface area contributed by atoms with Gasteiger partial charge in [0.25, 0.3) is 5.91 Å². The lowest BCUT2D eigenvalue weighted by Crippen LogP contribution is -2.39. The van der Waals surface area contributed by atoms with Crippen molar-refractivity contribution in [3.05, 3.63) is 71.8 Å². The normalized spacial score (nSPS) is 20.5. The summed E-state index contributed by atoms with van der Waals surface area (Å²) in [5.41, 5.74) is 5.21. The number of carbonyl (C=O) groups excluding carboxylic acids is 1. The Morgan fingerprint density at radius 3 is 2.28 bits per heavy atom. The zero-order chi connectivity index (χ0) is 27.2. The molecule has 1 N–H and O–H groups in total. The maximum atomic E-state index is 12.7. The van der Waals surface area contributed by atoms with Crippen molar-refractivity contribution >= 4 is 5.91 Å². The van der Waals surface area contributed by atoms with Crippen LogP contribution in [-0.2, 0) is 13.0 Å². The second kappa shape index (κ2) is 12.6. The maximum Gasteiger partial charge on any atom is 0.254 e. The van der Waals surface area contributed by atoms with Crippen LogP contribution >= 0.6 is 0 Å². The zero-order valence-corrected chi connectivity index (χ0v) is 23.4. The molecule has 206 valence electrons. The highest BCUT2D eigenvalue weighted by molar-refractivity contribution is 5.93. The van der Waals surface area contributed by atoms with E-state index in [0.717, 1.165) is 67.8 Å². The van der Waals surface area contributed by atoms with E-state index >= 15 is 0 Å². The molecule has 0 bridgehead atoms. The zero-order valence-electron chi connectivity index (χ0n) is 23.4. The van der Waals surface area contributed by atoms with Crippen LogP contribution in [0.3, 0.4) is 0 Å². The Bertz CT molecular complexity index is 1220. The third kappa shape index (κ3) is 6.09. The van der Waals surface area contributed by atoms with Gasteiger partial charge in [-0.2, -0.15) is 0 Å². The summed E-state index contributed by atoms with van der Waals surface area (Å²) in [6.07, 6.45) is 9.97. The van der Waals surface area contributed by atoms with Crippen molar-refractivity contribution in [2.45, 2.75) is 71.5 Å². The van der Waals surface area contributed by atoms with Crippen LogP contribution in [0.5, 0.6) is 11.5 Å². The molecule has 3 unspecified atom stereocenters. The number of fused-ring (bicyclic) bond motifs is 1. The summed E-state index contributed by atoms with van der Waals surface area (Å²) in [7, 11) is 0. The minimum absolute atomic E-state index is 0.0827. The van der Waals surface area contributed by atoms with Crippen LogP contribution in [0.25, 0.3) is 11.1 Å². The fraction of sp³-hybridized carbons (Fsp3) is 0.469. The number of hydrogen-bond acceptors (Lipinski definition) is 6. The highest BCUT2D eigenvalue weighted by Crippen LogP contribution is 2.43. The number of aromatic nitrogens is 2. The Morgan fingerprint density at radius 1 is 0.949 bits per heavy atom. The SMILES string of the molecule is CCCc1ccc(-c2c(OCC)cc(CN3CCC4C(NC(=O)c5cncnc5)CCC43)cc2OCC)cc1. The first-order valence-electron chi connectivity index (χ1n) is 14.4. The number of ether oxygens (including phenoxy) is 2. The molecule has 2 fully saturated rings. The Morgan fingerprint density at radius 2 is 1.64 bits per heavy atom. The van der Waals surface area contributed by atoms with Crippen LogP contribution in [0.1, 0.15) is 67.9 Å². The lowest BCUT2D eigenvalue weighted by atomic mass is 9.98. The third-order valence-corrected chi connectivity index (χ3v) is 8.03. The number of amides is 1. The Kier molecular flexibility index (Phi) is 8.77. The molecule has 1 aliphatic heterocycles. The van der Waals surface area contributed by atoms with Gasteiger partial charge >= 0.3 is 0 Å². The van der Waals surface area contributed by atoms with Gasteiger partial charge in [-0.15, -0.1) is 0 Å². The van der Waals surface area contributed by atoms with E-state index in [4.69, 9.17) is 9.47 Å². The summed E-state index contributed by atoms with van der Waals surface area (Å²) in [4.78, 5) is 23.3. The molecule has 1 aliphatic carbocycles. The molecule has 2 heterocycles. The summed E-state index contributed by atoms with van der Waals surface area (Å²) < 4.78 is 12.4. The van der Waals surface area contributed by atoms with E-state index < -0.39 is 0 Å². The van der Waals surface area contributed by atoms with E-state index in [1.165, 1.54) is 17.5 Å². The number of nitrogens with one attached hydrogen (secondary N) is 1. The van der Waals surface area contributed by atoms with Crippen LogP contribution in [0, 0.1) is 5.92 Å². The molecule has 2 aliphatic rings. The van der Waals surface area contributed by atoms with E-state index in [9.17, 15) is 4.79 Å². The molecular formula is C32H40N4O3. The lowest BCUT2D eigenvalue weighted by molar-refractivity contribution is 0.0926. The van der Waals surface area contributed by atoms with Gasteiger partial charge in [0, 0.05) is 31.0 Å². The van der Waals surface area contributed by atoms with Gasteiger partial charge in [0.2, 0.25) is 0 Å². The minimum atomic E-state index is -0.0827. The van der Waals surface area contributed by atoms with Crippen LogP contribution in [0.2, 0.25) is 0 Å². The predicted molar refractivity (Wildman–Crippen MR) is 153 cm³/mol. The third-order valence-electron chi connectivity index (χ3n) is 8.03. The molecule has 7 heteroatoms. The predicted octanol–water partition coefficient (Wildman–Crippen LogP) is 5.68. The fourth-order valence-electron chi connectivity index (χ4n) is 6.34. The number of likely N-dealkylation sites (tertiary alicyclic amines) is 1. The second-order valence-electron chi connectivity index (χ2n) is 10.6. The summed E-state index contributed by atoms with van der Waals surface area (Å²) >= 11 is 0. The standard InChI is InChI=1S/C32H40N4O3/c1-4-7-22-8-10-24(11-9-22)31-29(38-5-2)16-23(17-30(31)39-6-3)20-36-15-14-26-27(12-13-28(26)36)35-32(37)25-18-33-21-34-19-25/h8-11,16-19,21,26-28H,4-7,12-15,20H2,1-3H3,(H,35,37). The molecule has 0 spiro atoms. The highest BCUT2D eigenvalue weighted by atomic mass is 16.5. The van der Waals surface area contributed by atoms with Crippen molar-refractivity contribution in [3.63, 3.8) is 0 Å². The van der Waals surface area contributed by atoms with Crippen molar-refractivity contribution in [1.82, 2.24) is 20.2 Å². The molecule has 7 nitrogen and oxygen atoms in total. The van der Waals surface area contributed by atoms with E-state index in [-0.39, 0.29) is 11.9 Å². The number of rotatable bonds is 11. The van der Waals surface area contributed by atoms with Crippen molar-refractivity contribution in [1.29, 1.82) is 0 Å². The summed E-state index contributed by atoms with van der Waals surface area (Å²) in [5, 5.41) is 3.25. The van der Waals surface area contributed by atoms with Crippen molar-refractivity contribution in [2.24, 2.45) is 5.92 Å². The molecule has 2 aromatic carbocycles. The number of carbonyl (C=O) groups is 1. The Labute approximate surface area is 232 Å². The highest BCUT2D eigenvalue weighted by Gasteiger charge is 2.44. The summed E-state index contributed by atoms with van der Waals surface area (Å²) in [5.74, 6) is 2.12. The topological polar surface area (TPSA) is 76.6 Å². The van der Waals surface area contributed by atoms with Crippen LogP contribution in [0.15, 0.2) is 55.1 Å². The van der Waals surface area contributed by atoms with Gasteiger partial charge in [-0.05, 0) is 80.8 Å². The van der Waals surface area contributed by atoms with Crippen LogP contribution in [0.4, 0.5) is 0 Å². The minimum Gasteiger partial charge on any atom is -0.493 e. The molecule has 3 atom stereocenters. The Hall–Kier alpha value is -3.45. The summed E-state index contributed by atoms with van der Waals surface area (Å²) in [6, 6.07) is 13.8. The quantitative estimate of drug-likeness (QED) is 0.345. The van der Waals surface area contributed by atoms with Gasteiger partial charge in [0.15, 0.2) is 0 Å². The van der Waals surface area contributed by atoms with Gasteiger partial charge in [-0.1, -0.05) is 37.6 Å². The first kappa shape index (κ1) is 27.1. The van der Waals surface area contributed by atoms with E-state index in [2.05, 4.69) is 63.5 Å².